The van der Waals surface area contributed by atoms with Crippen LogP contribution < -0.4 is 5.32 Å². The van der Waals surface area contributed by atoms with E-state index >= 15 is 0 Å². The van der Waals surface area contributed by atoms with Crippen LogP contribution >= 0.6 is 0 Å². The van der Waals surface area contributed by atoms with Gasteiger partial charge in [-0.05, 0) is 42.3 Å². The van der Waals surface area contributed by atoms with Crippen molar-refractivity contribution in [2.75, 3.05) is 25.1 Å². The molecule has 3 heterocycles. The molecule has 0 radical (unpaired) electrons. The van der Waals surface area contributed by atoms with Gasteiger partial charge in [-0.25, -0.2) is 0 Å². The summed E-state index contributed by atoms with van der Waals surface area (Å²) in [5.74, 6) is -0.185. The van der Waals surface area contributed by atoms with Gasteiger partial charge in [0.1, 0.15) is 0 Å². The van der Waals surface area contributed by atoms with E-state index in [2.05, 4.69) is 39.4 Å². The molecule has 1 saturated heterocycles. The van der Waals surface area contributed by atoms with Gasteiger partial charge in [-0.2, -0.15) is 5.10 Å². The average Bonchev–Trinajstić information content (AvgIpc) is 3.21. The summed E-state index contributed by atoms with van der Waals surface area (Å²) in [6.45, 7) is 5.57. The van der Waals surface area contributed by atoms with Gasteiger partial charge < -0.3 is 10.1 Å². The number of carbonyl (C=O) groups excluding carboxylic acids is 1. The highest BCUT2D eigenvalue weighted by Crippen LogP contribution is 2.23. The van der Waals surface area contributed by atoms with Crippen LogP contribution in [0, 0.1) is 0 Å². The molecule has 2 aromatic heterocycles. The van der Waals surface area contributed by atoms with E-state index in [4.69, 9.17) is 4.74 Å². The maximum absolute atomic E-state index is 12.4. The number of pyridine rings is 1. The standard InChI is InChI=1S/C24H27N5O2/c1-18-17-31-12-11-29(18)15-19-3-6-22(7-4-19)27-24(30)8-5-20-13-25-10-9-23(20)21-14-26-28(2)16-21/h3-10,13-14,16,18H,11-12,15,17H2,1-2H3,(H,27,30)/b8-5+. The number of ether oxygens (including phenoxy) is 1. The van der Waals surface area contributed by atoms with Crippen LogP contribution in [0.4, 0.5) is 5.69 Å². The highest BCUT2D eigenvalue weighted by molar-refractivity contribution is 6.02. The summed E-state index contributed by atoms with van der Waals surface area (Å²) in [6, 6.07) is 10.3. The van der Waals surface area contributed by atoms with Gasteiger partial charge in [0.2, 0.25) is 5.91 Å². The normalized spacial score (nSPS) is 17.2. The Bertz CT molecular complexity index is 1060. The molecule has 0 saturated carbocycles. The number of nitrogens with one attached hydrogen (secondary N) is 1. The summed E-state index contributed by atoms with van der Waals surface area (Å²) in [6.07, 6.45) is 10.5. The number of rotatable bonds is 6. The van der Waals surface area contributed by atoms with Crippen molar-refractivity contribution >= 4 is 17.7 Å². The maximum Gasteiger partial charge on any atom is 0.248 e. The Morgan fingerprint density at radius 1 is 1.26 bits per heavy atom. The molecule has 160 valence electrons. The minimum Gasteiger partial charge on any atom is -0.379 e. The Hall–Kier alpha value is -3.29. The van der Waals surface area contributed by atoms with E-state index in [1.807, 2.05) is 31.4 Å². The Balaban J connectivity index is 1.37. The lowest BCUT2D eigenvalue weighted by molar-refractivity contribution is -0.111. The third-order valence-electron chi connectivity index (χ3n) is 5.39. The molecule has 7 heteroatoms. The maximum atomic E-state index is 12.4. The van der Waals surface area contributed by atoms with Crippen LogP contribution in [0.5, 0.6) is 0 Å². The first kappa shape index (κ1) is 21.0. The highest BCUT2D eigenvalue weighted by Gasteiger charge is 2.18. The number of anilines is 1. The molecule has 1 unspecified atom stereocenters. The van der Waals surface area contributed by atoms with Crippen molar-refractivity contribution in [1.29, 1.82) is 0 Å². The zero-order valence-corrected chi connectivity index (χ0v) is 17.9. The SMILES string of the molecule is CC1COCCN1Cc1ccc(NC(=O)/C=C/c2cnccc2-c2cnn(C)c2)cc1. The second-order valence-corrected chi connectivity index (χ2v) is 7.78. The van der Waals surface area contributed by atoms with Crippen LogP contribution in [-0.4, -0.2) is 51.4 Å². The molecule has 1 aliphatic heterocycles. The fourth-order valence-corrected chi connectivity index (χ4v) is 3.64. The van der Waals surface area contributed by atoms with Gasteiger partial charge in [0.25, 0.3) is 0 Å². The predicted molar refractivity (Wildman–Crippen MR) is 121 cm³/mol. The Morgan fingerprint density at radius 2 is 2.10 bits per heavy atom. The van der Waals surface area contributed by atoms with Crippen LogP contribution in [0.2, 0.25) is 0 Å². The molecule has 1 amide bonds. The molecule has 1 aliphatic rings. The Labute approximate surface area is 182 Å². The number of aryl methyl sites for hydroxylation is 1. The van der Waals surface area contributed by atoms with E-state index < -0.39 is 0 Å². The van der Waals surface area contributed by atoms with Gasteiger partial charge >= 0.3 is 0 Å². The molecule has 3 aromatic rings. The topological polar surface area (TPSA) is 72.3 Å². The van der Waals surface area contributed by atoms with Gasteiger partial charge in [-0.1, -0.05) is 12.1 Å². The third-order valence-corrected chi connectivity index (χ3v) is 5.39. The van der Waals surface area contributed by atoms with Gasteiger partial charge in [0, 0.05) is 67.7 Å². The third kappa shape index (κ3) is 5.45. The summed E-state index contributed by atoms with van der Waals surface area (Å²) < 4.78 is 7.25. The van der Waals surface area contributed by atoms with Gasteiger partial charge in [-0.15, -0.1) is 0 Å². The van der Waals surface area contributed by atoms with E-state index in [1.54, 1.807) is 29.3 Å². The van der Waals surface area contributed by atoms with E-state index in [-0.39, 0.29) is 5.91 Å². The summed E-state index contributed by atoms with van der Waals surface area (Å²) in [5.41, 5.74) is 4.82. The number of benzene rings is 1. The number of nitrogens with zero attached hydrogens (tertiary/aromatic N) is 4. The van der Waals surface area contributed by atoms with Gasteiger partial charge in [0.15, 0.2) is 0 Å². The second kappa shape index (κ2) is 9.68. The largest absolute Gasteiger partial charge is 0.379 e. The Kier molecular flexibility index (Phi) is 6.54. The minimum absolute atomic E-state index is 0.185. The smallest absolute Gasteiger partial charge is 0.248 e. The van der Waals surface area contributed by atoms with E-state index in [0.717, 1.165) is 48.7 Å². The van der Waals surface area contributed by atoms with Crippen LogP contribution in [0.1, 0.15) is 18.1 Å². The first-order chi connectivity index (χ1) is 15.1. The van der Waals surface area contributed by atoms with Crippen molar-refractivity contribution in [2.24, 2.45) is 7.05 Å². The lowest BCUT2D eigenvalue weighted by Gasteiger charge is -2.33. The zero-order valence-electron chi connectivity index (χ0n) is 17.9. The predicted octanol–water partition coefficient (Wildman–Crippen LogP) is 3.35. The van der Waals surface area contributed by atoms with Crippen LogP contribution in [-0.2, 0) is 23.1 Å². The van der Waals surface area contributed by atoms with E-state index in [9.17, 15) is 4.79 Å². The van der Waals surface area contributed by atoms with Crippen LogP contribution in [0.3, 0.4) is 0 Å². The van der Waals surface area contributed by atoms with Crippen LogP contribution in [0.15, 0.2) is 61.2 Å². The van der Waals surface area contributed by atoms with Crippen molar-refractivity contribution in [1.82, 2.24) is 19.7 Å². The number of amides is 1. The lowest BCUT2D eigenvalue weighted by atomic mass is 10.0. The van der Waals surface area contributed by atoms with Crippen molar-refractivity contribution in [3.63, 3.8) is 0 Å². The fourth-order valence-electron chi connectivity index (χ4n) is 3.64. The van der Waals surface area contributed by atoms with Crippen molar-refractivity contribution in [3.8, 4) is 11.1 Å². The molecule has 0 spiro atoms. The molecular weight excluding hydrogens is 390 g/mol. The monoisotopic (exact) mass is 417 g/mol. The van der Waals surface area contributed by atoms with Crippen molar-refractivity contribution < 1.29 is 9.53 Å². The summed E-state index contributed by atoms with van der Waals surface area (Å²) in [7, 11) is 1.88. The zero-order chi connectivity index (χ0) is 21.6. The molecule has 0 bridgehead atoms. The summed E-state index contributed by atoms with van der Waals surface area (Å²) in [4.78, 5) is 19.0. The summed E-state index contributed by atoms with van der Waals surface area (Å²) >= 11 is 0. The minimum atomic E-state index is -0.185. The van der Waals surface area contributed by atoms with Gasteiger partial charge in [0.05, 0.1) is 19.4 Å². The molecular formula is C24H27N5O2. The number of hydrogen-bond donors (Lipinski definition) is 1. The number of carbonyl (C=O) groups is 1. The number of aromatic nitrogens is 3. The molecule has 1 N–H and O–H groups in total. The van der Waals surface area contributed by atoms with E-state index in [1.165, 1.54) is 11.6 Å². The molecule has 31 heavy (non-hydrogen) atoms. The molecule has 0 aliphatic carbocycles. The first-order valence-corrected chi connectivity index (χ1v) is 10.4. The number of hydrogen-bond acceptors (Lipinski definition) is 5. The van der Waals surface area contributed by atoms with E-state index in [0.29, 0.717) is 6.04 Å². The molecule has 1 fully saturated rings. The van der Waals surface area contributed by atoms with Gasteiger partial charge in [-0.3, -0.25) is 19.4 Å². The van der Waals surface area contributed by atoms with Crippen LogP contribution in [0.25, 0.3) is 17.2 Å². The first-order valence-electron chi connectivity index (χ1n) is 10.4. The number of morpholine rings is 1. The highest BCUT2D eigenvalue weighted by atomic mass is 16.5. The fraction of sp³-hybridized carbons (Fsp3) is 0.292. The second-order valence-electron chi connectivity index (χ2n) is 7.78. The molecule has 7 nitrogen and oxygen atoms in total. The van der Waals surface area contributed by atoms with Crippen molar-refractivity contribution in [2.45, 2.75) is 19.5 Å². The average molecular weight is 418 g/mol. The quantitative estimate of drug-likeness (QED) is 0.623. The Morgan fingerprint density at radius 3 is 2.84 bits per heavy atom. The molecule has 1 aromatic carbocycles. The molecule has 1 atom stereocenters. The molecule has 4 rings (SSSR count). The lowest BCUT2D eigenvalue weighted by Crippen LogP contribution is -2.42. The van der Waals surface area contributed by atoms with Crippen molar-refractivity contribution in [3.05, 3.63) is 72.3 Å². The summed E-state index contributed by atoms with van der Waals surface area (Å²) in [5, 5.41) is 7.14.